The maximum atomic E-state index is 4.77. The number of hydrogen-bond donors (Lipinski definition) is 1. The third-order valence-electron chi connectivity index (χ3n) is 3.12. The molecular formula is C15H19BrN2. The van der Waals surface area contributed by atoms with Crippen molar-refractivity contribution >= 4 is 32.7 Å². The predicted molar refractivity (Wildman–Crippen MR) is 82.4 cm³/mol. The van der Waals surface area contributed by atoms with Crippen molar-refractivity contribution in [1.82, 2.24) is 4.98 Å². The highest BCUT2D eigenvalue weighted by atomic mass is 79.9. The molecule has 0 radical (unpaired) electrons. The molecule has 0 amide bonds. The molecule has 1 aromatic carbocycles. The molecule has 0 atom stereocenters. The second-order valence-corrected chi connectivity index (χ2v) is 6.59. The highest BCUT2D eigenvalue weighted by molar-refractivity contribution is 9.10. The van der Waals surface area contributed by atoms with Gasteiger partial charge in [-0.05, 0) is 36.1 Å². The van der Waals surface area contributed by atoms with E-state index in [1.807, 2.05) is 7.05 Å². The van der Waals surface area contributed by atoms with Crippen molar-refractivity contribution in [2.24, 2.45) is 0 Å². The smallest absolute Gasteiger partial charge is 0.130 e. The highest BCUT2D eigenvalue weighted by Gasteiger charge is 2.20. The summed E-state index contributed by atoms with van der Waals surface area (Å²) in [5.74, 6) is 0.973. The van der Waals surface area contributed by atoms with Gasteiger partial charge in [-0.15, -0.1) is 0 Å². The normalized spacial score (nSPS) is 11.9. The molecule has 0 saturated carbocycles. The molecule has 0 aliphatic heterocycles. The molecule has 1 heterocycles. The molecular weight excluding hydrogens is 288 g/mol. The van der Waals surface area contributed by atoms with Crippen molar-refractivity contribution in [3.05, 3.63) is 33.8 Å². The van der Waals surface area contributed by atoms with Gasteiger partial charge in [-0.25, -0.2) is 4.98 Å². The molecule has 2 aromatic rings. The van der Waals surface area contributed by atoms with Gasteiger partial charge in [0, 0.05) is 22.5 Å². The largest absolute Gasteiger partial charge is 0.373 e. The molecule has 96 valence electrons. The summed E-state index contributed by atoms with van der Waals surface area (Å²) in [6, 6.07) is 6.47. The molecule has 0 aliphatic rings. The lowest BCUT2D eigenvalue weighted by atomic mass is 9.86. The van der Waals surface area contributed by atoms with Gasteiger partial charge in [0.05, 0.1) is 5.52 Å². The van der Waals surface area contributed by atoms with Crippen LogP contribution in [0.25, 0.3) is 10.9 Å². The van der Waals surface area contributed by atoms with Crippen molar-refractivity contribution in [3.8, 4) is 0 Å². The summed E-state index contributed by atoms with van der Waals surface area (Å²) in [4.78, 5) is 4.77. The van der Waals surface area contributed by atoms with Crippen LogP contribution in [0.15, 0.2) is 22.7 Å². The van der Waals surface area contributed by atoms with Crippen molar-refractivity contribution < 1.29 is 0 Å². The molecule has 2 nitrogen and oxygen atoms in total. The second-order valence-electron chi connectivity index (χ2n) is 5.68. The Bertz CT molecular complexity index is 597. The topological polar surface area (TPSA) is 24.9 Å². The van der Waals surface area contributed by atoms with Gasteiger partial charge in [0.15, 0.2) is 0 Å². The zero-order valence-corrected chi connectivity index (χ0v) is 13.1. The lowest BCUT2D eigenvalue weighted by molar-refractivity contribution is 0.591. The van der Waals surface area contributed by atoms with E-state index in [4.69, 9.17) is 4.98 Å². The molecule has 2 rings (SSSR count). The Morgan fingerprint density at radius 2 is 1.83 bits per heavy atom. The van der Waals surface area contributed by atoms with Crippen molar-refractivity contribution in [2.75, 3.05) is 12.4 Å². The maximum Gasteiger partial charge on any atom is 0.130 e. The van der Waals surface area contributed by atoms with E-state index in [9.17, 15) is 0 Å². The van der Waals surface area contributed by atoms with Gasteiger partial charge in [0.2, 0.25) is 0 Å². The quantitative estimate of drug-likeness (QED) is 0.830. The molecule has 0 unspecified atom stereocenters. The van der Waals surface area contributed by atoms with Crippen molar-refractivity contribution in [3.63, 3.8) is 0 Å². The van der Waals surface area contributed by atoms with E-state index in [2.05, 4.69) is 67.1 Å². The van der Waals surface area contributed by atoms with Crippen LogP contribution >= 0.6 is 15.9 Å². The number of anilines is 1. The minimum atomic E-state index is 0.0791. The van der Waals surface area contributed by atoms with Crippen LogP contribution < -0.4 is 5.32 Å². The Kier molecular flexibility index (Phi) is 3.37. The number of nitrogens with zero attached hydrogens (tertiary/aromatic N) is 1. The molecule has 18 heavy (non-hydrogen) atoms. The van der Waals surface area contributed by atoms with Crippen LogP contribution in [0.1, 0.15) is 31.9 Å². The number of aryl methyl sites for hydroxylation is 1. The van der Waals surface area contributed by atoms with Crippen LogP contribution in [-0.4, -0.2) is 12.0 Å². The number of pyridine rings is 1. The van der Waals surface area contributed by atoms with Crippen LogP contribution in [0.3, 0.4) is 0 Å². The van der Waals surface area contributed by atoms with E-state index >= 15 is 0 Å². The molecule has 3 heteroatoms. The summed E-state index contributed by atoms with van der Waals surface area (Å²) in [5, 5.41) is 4.40. The molecule has 0 saturated heterocycles. The first kappa shape index (κ1) is 13.3. The Balaban J connectivity index is 2.81. The lowest BCUT2D eigenvalue weighted by Gasteiger charge is -2.23. The van der Waals surface area contributed by atoms with Gasteiger partial charge in [0.1, 0.15) is 5.82 Å². The van der Waals surface area contributed by atoms with E-state index in [1.54, 1.807) is 0 Å². The van der Waals surface area contributed by atoms with Crippen molar-refractivity contribution in [1.29, 1.82) is 0 Å². The summed E-state index contributed by atoms with van der Waals surface area (Å²) in [5.41, 5.74) is 3.58. The van der Waals surface area contributed by atoms with Crippen LogP contribution in [0.2, 0.25) is 0 Å². The zero-order valence-electron chi connectivity index (χ0n) is 11.6. The summed E-state index contributed by atoms with van der Waals surface area (Å²) < 4.78 is 1.10. The molecule has 0 spiro atoms. The summed E-state index contributed by atoms with van der Waals surface area (Å²) in [6.45, 7) is 8.72. The van der Waals surface area contributed by atoms with Crippen LogP contribution in [0.4, 0.5) is 5.82 Å². The molecule has 0 bridgehead atoms. The average molecular weight is 307 g/mol. The number of aromatic nitrogens is 1. The standard InChI is InChI=1S/C15H19BrN2/c1-9-6-11(16)7-10-8-12(15(2,3)4)14(17-5)18-13(9)10/h6-8H,1-5H3,(H,17,18). The Hall–Kier alpha value is -1.09. The molecule has 1 N–H and O–H groups in total. The Morgan fingerprint density at radius 3 is 2.39 bits per heavy atom. The highest BCUT2D eigenvalue weighted by Crippen LogP contribution is 2.33. The number of benzene rings is 1. The molecule has 0 aliphatic carbocycles. The first-order chi connectivity index (χ1) is 8.32. The zero-order chi connectivity index (χ0) is 13.5. The lowest BCUT2D eigenvalue weighted by Crippen LogP contribution is -2.15. The van der Waals surface area contributed by atoms with Gasteiger partial charge >= 0.3 is 0 Å². The number of rotatable bonds is 1. The van der Waals surface area contributed by atoms with Crippen molar-refractivity contribution in [2.45, 2.75) is 33.1 Å². The number of nitrogens with one attached hydrogen (secondary N) is 1. The number of halogens is 1. The van der Waals surface area contributed by atoms with Gasteiger partial charge in [-0.2, -0.15) is 0 Å². The van der Waals surface area contributed by atoms with E-state index in [-0.39, 0.29) is 5.41 Å². The van der Waals surface area contributed by atoms with E-state index in [0.717, 1.165) is 15.8 Å². The van der Waals surface area contributed by atoms with E-state index < -0.39 is 0 Å². The van der Waals surface area contributed by atoms with E-state index in [0.29, 0.717) is 0 Å². The Morgan fingerprint density at radius 1 is 1.17 bits per heavy atom. The minimum absolute atomic E-state index is 0.0791. The maximum absolute atomic E-state index is 4.77. The number of fused-ring (bicyclic) bond motifs is 1. The van der Waals surface area contributed by atoms with Gasteiger partial charge in [-0.3, -0.25) is 0 Å². The summed E-state index contributed by atoms with van der Waals surface area (Å²) >= 11 is 3.55. The molecule has 1 aromatic heterocycles. The second kappa shape index (κ2) is 4.54. The third-order valence-corrected chi connectivity index (χ3v) is 3.58. The fourth-order valence-corrected chi connectivity index (χ4v) is 2.77. The van der Waals surface area contributed by atoms with Crippen LogP contribution in [0.5, 0.6) is 0 Å². The predicted octanol–water partition coefficient (Wildman–Crippen LogP) is 4.64. The van der Waals surface area contributed by atoms with Gasteiger partial charge in [-0.1, -0.05) is 36.7 Å². The van der Waals surface area contributed by atoms with Crippen LogP contribution in [0, 0.1) is 6.92 Å². The van der Waals surface area contributed by atoms with E-state index in [1.165, 1.54) is 16.5 Å². The average Bonchev–Trinajstić information content (AvgIpc) is 2.26. The van der Waals surface area contributed by atoms with Gasteiger partial charge < -0.3 is 5.32 Å². The Labute approximate surface area is 117 Å². The van der Waals surface area contributed by atoms with Gasteiger partial charge in [0.25, 0.3) is 0 Å². The van der Waals surface area contributed by atoms with Crippen LogP contribution in [-0.2, 0) is 5.41 Å². The fourth-order valence-electron chi connectivity index (χ4n) is 2.18. The summed E-state index contributed by atoms with van der Waals surface area (Å²) in [6.07, 6.45) is 0. The molecule has 0 fully saturated rings. The SMILES string of the molecule is CNc1nc2c(C)cc(Br)cc2cc1C(C)(C)C. The fraction of sp³-hybridized carbons (Fsp3) is 0.400. The summed E-state index contributed by atoms with van der Waals surface area (Å²) in [7, 11) is 1.93. The third kappa shape index (κ3) is 2.37. The first-order valence-corrected chi connectivity index (χ1v) is 6.91. The first-order valence-electron chi connectivity index (χ1n) is 6.12. The monoisotopic (exact) mass is 306 g/mol. The minimum Gasteiger partial charge on any atom is -0.373 e. The number of hydrogen-bond acceptors (Lipinski definition) is 2.